The predicted octanol–water partition coefficient (Wildman–Crippen LogP) is 1.43. The van der Waals surface area contributed by atoms with Crippen molar-refractivity contribution in [2.45, 2.75) is 30.2 Å². The van der Waals surface area contributed by atoms with Crippen LogP contribution in [0.5, 0.6) is 5.75 Å². The summed E-state index contributed by atoms with van der Waals surface area (Å²) in [6, 6.07) is 6.07. The number of methoxy groups -OCH3 is 1. The number of hydrogen-bond acceptors (Lipinski definition) is 4. The van der Waals surface area contributed by atoms with E-state index in [4.69, 9.17) is 22.7 Å². The molecular weight excluding hydrogens is 296 g/mol. The zero-order chi connectivity index (χ0) is 14.8. The van der Waals surface area contributed by atoms with Gasteiger partial charge >= 0.3 is 0 Å². The second-order valence-corrected chi connectivity index (χ2v) is 7.03. The molecular formula is C13H18N2O3S2. The van der Waals surface area contributed by atoms with Crippen LogP contribution in [0.1, 0.15) is 19.3 Å². The highest BCUT2D eigenvalue weighted by Crippen LogP contribution is 2.27. The fraction of sp³-hybridized carbons (Fsp3) is 0.462. The highest BCUT2D eigenvalue weighted by Gasteiger charge is 2.32. The summed E-state index contributed by atoms with van der Waals surface area (Å²) < 4.78 is 32.4. The van der Waals surface area contributed by atoms with Gasteiger partial charge in [-0.15, -0.1) is 0 Å². The van der Waals surface area contributed by atoms with Gasteiger partial charge in [0.05, 0.1) is 17.0 Å². The van der Waals surface area contributed by atoms with Crippen LogP contribution in [-0.4, -0.2) is 26.6 Å². The van der Waals surface area contributed by atoms with E-state index in [-0.39, 0.29) is 16.9 Å². The summed E-state index contributed by atoms with van der Waals surface area (Å²) >= 11 is 5.00. The van der Waals surface area contributed by atoms with E-state index in [1.165, 1.54) is 19.2 Å². The quantitative estimate of drug-likeness (QED) is 0.804. The van der Waals surface area contributed by atoms with Gasteiger partial charge in [0.25, 0.3) is 0 Å². The van der Waals surface area contributed by atoms with Gasteiger partial charge in [-0.1, -0.05) is 18.6 Å². The monoisotopic (exact) mass is 314 g/mol. The van der Waals surface area contributed by atoms with E-state index < -0.39 is 10.0 Å². The molecule has 2 unspecified atom stereocenters. The fourth-order valence-electron chi connectivity index (χ4n) is 2.46. The lowest BCUT2D eigenvalue weighted by molar-refractivity contribution is 0.414. The summed E-state index contributed by atoms with van der Waals surface area (Å²) in [5.41, 5.74) is 5.66. The minimum absolute atomic E-state index is 0.0574. The highest BCUT2D eigenvalue weighted by molar-refractivity contribution is 7.89. The van der Waals surface area contributed by atoms with Crippen molar-refractivity contribution in [3.05, 3.63) is 24.3 Å². The second-order valence-electron chi connectivity index (χ2n) is 4.84. The van der Waals surface area contributed by atoms with Crippen LogP contribution in [0, 0.1) is 5.92 Å². The van der Waals surface area contributed by atoms with Crippen molar-refractivity contribution in [2.24, 2.45) is 11.7 Å². The topological polar surface area (TPSA) is 81.4 Å². The standard InChI is InChI=1S/C13H18N2O3S2/c1-18-9-5-7-10(8-6-9)20(16,17)15-12-4-2-3-11(12)13(14)19/h5-8,11-12,15H,2-4H2,1H3,(H2,14,19). The Morgan fingerprint density at radius 1 is 1.35 bits per heavy atom. The molecule has 0 saturated heterocycles. The van der Waals surface area contributed by atoms with E-state index in [1.54, 1.807) is 12.1 Å². The van der Waals surface area contributed by atoms with E-state index in [0.29, 0.717) is 10.7 Å². The highest BCUT2D eigenvalue weighted by atomic mass is 32.2. The van der Waals surface area contributed by atoms with Gasteiger partial charge in [0.2, 0.25) is 10.0 Å². The maximum atomic E-state index is 12.3. The molecule has 0 aliphatic heterocycles. The van der Waals surface area contributed by atoms with E-state index >= 15 is 0 Å². The van der Waals surface area contributed by atoms with Crippen LogP contribution < -0.4 is 15.2 Å². The molecule has 1 aliphatic rings. The molecule has 20 heavy (non-hydrogen) atoms. The third-order valence-electron chi connectivity index (χ3n) is 3.56. The first-order chi connectivity index (χ1) is 9.44. The largest absolute Gasteiger partial charge is 0.497 e. The lowest BCUT2D eigenvalue weighted by Crippen LogP contribution is -2.41. The molecule has 5 nitrogen and oxygen atoms in total. The van der Waals surface area contributed by atoms with E-state index in [2.05, 4.69) is 4.72 Å². The number of rotatable bonds is 5. The average molecular weight is 314 g/mol. The van der Waals surface area contributed by atoms with Gasteiger partial charge in [-0.25, -0.2) is 13.1 Å². The third kappa shape index (κ3) is 3.28. The molecule has 2 rings (SSSR count). The SMILES string of the molecule is COc1ccc(S(=O)(=O)NC2CCCC2C(N)=S)cc1. The van der Waals surface area contributed by atoms with Crippen molar-refractivity contribution in [2.75, 3.05) is 7.11 Å². The Kier molecular flexibility index (Phi) is 4.62. The van der Waals surface area contributed by atoms with Crippen molar-refractivity contribution < 1.29 is 13.2 Å². The summed E-state index contributed by atoms with van der Waals surface area (Å²) in [7, 11) is -2.02. The van der Waals surface area contributed by atoms with Crippen LogP contribution in [-0.2, 0) is 10.0 Å². The van der Waals surface area contributed by atoms with Crippen molar-refractivity contribution in [3.63, 3.8) is 0 Å². The first kappa shape index (κ1) is 15.2. The Bertz CT molecular complexity index is 584. The average Bonchev–Trinajstić information content (AvgIpc) is 2.86. The van der Waals surface area contributed by atoms with Crippen molar-refractivity contribution in [1.29, 1.82) is 0 Å². The molecule has 0 amide bonds. The normalized spacial score (nSPS) is 22.6. The molecule has 7 heteroatoms. The van der Waals surface area contributed by atoms with Crippen molar-refractivity contribution in [3.8, 4) is 5.75 Å². The molecule has 1 saturated carbocycles. The fourth-order valence-corrected chi connectivity index (χ4v) is 4.06. The number of benzene rings is 1. The molecule has 1 aromatic carbocycles. The van der Waals surface area contributed by atoms with Crippen LogP contribution in [0.3, 0.4) is 0 Å². The molecule has 0 radical (unpaired) electrons. The number of nitrogens with one attached hydrogen (secondary N) is 1. The minimum atomic E-state index is -3.56. The number of ether oxygens (including phenoxy) is 1. The molecule has 1 aliphatic carbocycles. The summed E-state index contributed by atoms with van der Waals surface area (Å²) in [4.78, 5) is 0.594. The number of nitrogens with two attached hydrogens (primary N) is 1. The predicted molar refractivity (Wildman–Crippen MR) is 81.2 cm³/mol. The lowest BCUT2D eigenvalue weighted by atomic mass is 10.1. The maximum Gasteiger partial charge on any atom is 0.240 e. The summed E-state index contributed by atoms with van der Waals surface area (Å²) in [5.74, 6) is 0.559. The molecule has 0 bridgehead atoms. The van der Waals surface area contributed by atoms with Gasteiger partial charge in [-0.3, -0.25) is 0 Å². The maximum absolute atomic E-state index is 12.3. The van der Waals surface area contributed by atoms with Gasteiger partial charge in [-0.2, -0.15) is 0 Å². The summed E-state index contributed by atoms with van der Waals surface area (Å²) in [6.45, 7) is 0. The molecule has 110 valence electrons. The zero-order valence-electron chi connectivity index (χ0n) is 11.2. The lowest BCUT2D eigenvalue weighted by Gasteiger charge is -2.19. The van der Waals surface area contributed by atoms with Gasteiger partial charge in [0.15, 0.2) is 0 Å². The number of hydrogen-bond donors (Lipinski definition) is 2. The van der Waals surface area contributed by atoms with Gasteiger partial charge in [0.1, 0.15) is 5.75 Å². The molecule has 2 atom stereocenters. The Hall–Kier alpha value is -1.18. The Labute approximate surface area is 124 Å². The zero-order valence-corrected chi connectivity index (χ0v) is 12.8. The van der Waals surface area contributed by atoms with Crippen molar-refractivity contribution >= 4 is 27.2 Å². The second kappa shape index (κ2) is 6.07. The minimum Gasteiger partial charge on any atom is -0.497 e. The summed E-state index contributed by atoms with van der Waals surface area (Å²) in [6.07, 6.45) is 2.53. The van der Waals surface area contributed by atoms with E-state index in [0.717, 1.165) is 19.3 Å². The van der Waals surface area contributed by atoms with Gasteiger partial charge in [-0.05, 0) is 37.1 Å². The first-order valence-corrected chi connectivity index (χ1v) is 8.29. The summed E-state index contributed by atoms with van der Waals surface area (Å²) in [5, 5.41) is 0. The van der Waals surface area contributed by atoms with Crippen LogP contribution in [0.25, 0.3) is 0 Å². The third-order valence-corrected chi connectivity index (χ3v) is 5.37. The first-order valence-electron chi connectivity index (χ1n) is 6.40. The molecule has 1 aromatic rings. The van der Waals surface area contributed by atoms with Crippen molar-refractivity contribution in [1.82, 2.24) is 4.72 Å². The molecule has 0 heterocycles. The van der Waals surface area contributed by atoms with E-state index in [1.807, 2.05) is 0 Å². The van der Waals surface area contributed by atoms with Crippen LogP contribution in [0.2, 0.25) is 0 Å². The van der Waals surface area contributed by atoms with Gasteiger partial charge in [0, 0.05) is 12.0 Å². The Balaban J connectivity index is 2.16. The molecule has 0 aromatic heterocycles. The van der Waals surface area contributed by atoms with E-state index in [9.17, 15) is 8.42 Å². The Morgan fingerprint density at radius 3 is 2.55 bits per heavy atom. The molecule has 3 N–H and O–H groups in total. The van der Waals surface area contributed by atoms with Gasteiger partial charge < -0.3 is 10.5 Å². The van der Waals surface area contributed by atoms with Crippen LogP contribution in [0.15, 0.2) is 29.2 Å². The van der Waals surface area contributed by atoms with Crippen LogP contribution in [0.4, 0.5) is 0 Å². The number of sulfonamides is 1. The number of thiocarbonyl (C=S) groups is 1. The molecule has 0 spiro atoms. The Morgan fingerprint density at radius 2 is 2.00 bits per heavy atom. The molecule has 1 fully saturated rings. The van der Waals surface area contributed by atoms with Crippen LogP contribution >= 0.6 is 12.2 Å². The smallest absolute Gasteiger partial charge is 0.240 e.